The molecule has 0 bridgehead atoms. The highest BCUT2D eigenvalue weighted by Gasteiger charge is 2.25. The molecule has 4 aromatic rings. The molecule has 10 nitrogen and oxygen atoms in total. The summed E-state index contributed by atoms with van der Waals surface area (Å²) in [5.74, 6) is 2.91. The highest BCUT2D eigenvalue weighted by atomic mass is 16.7. The molecule has 0 atom stereocenters. The minimum absolute atomic E-state index is 0.0689. The number of rotatable bonds is 5. The monoisotopic (exact) mass is 484 g/mol. The van der Waals surface area contributed by atoms with Gasteiger partial charge in [0, 0.05) is 37.3 Å². The molecule has 0 spiro atoms. The van der Waals surface area contributed by atoms with Crippen molar-refractivity contribution in [3.8, 4) is 39.8 Å². The highest BCUT2D eigenvalue weighted by Crippen LogP contribution is 2.35. The number of nitrogens with zero attached hydrogens (tertiary/aromatic N) is 5. The lowest BCUT2D eigenvalue weighted by Gasteiger charge is -2.34. The van der Waals surface area contributed by atoms with Crippen molar-refractivity contribution in [3.05, 3.63) is 66.4 Å². The Labute approximate surface area is 207 Å². The van der Waals surface area contributed by atoms with Crippen molar-refractivity contribution in [3.63, 3.8) is 0 Å². The molecular weight excluding hydrogens is 460 g/mol. The topological polar surface area (TPSA) is 106 Å². The van der Waals surface area contributed by atoms with Gasteiger partial charge in [0.15, 0.2) is 17.3 Å². The molecule has 0 saturated carbocycles. The number of hydrogen-bond donors (Lipinski definition) is 1. The number of carbonyl (C=O) groups excluding carboxylic acids is 1. The fourth-order valence-electron chi connectivity index (χ4n) is 4.37. The quantitative estimate of drug-likeness (QED) is 0.460. The number of fused-ring (bicyclic) bond motifs is 1. The molecule has 1 fully saturated rings. The van der Waals surface area contributed by atoms with Gasteiger partial charge in [-0.15, -0.1) is 10.2 Å². The first-order valence-electron chi connectivity index (χ1n) is 11.7. The number of aromatic nitrogens is 4. The van der Waals surface area contributed by atoms with Crippen molar-refractivity contribution >= 4 is 11.7 Å². The van der Waals surface area contributed by atoms with Crippen molar-refractivity contribution in [1.82, 2.24) is 25.3 Å². The third kappa shape index (κ3) is 4.17. The summed E-state index contributed by atoms with van der Waals surface area (Å²) in [5, 5.41) is 16.0. The van der Waals surface area contributed by atoms with Crippen LogP contribution in [0, 0.1) is 0 Å². The molecule has 0 aliphatic carbocycles. The van der Waals surface area contributed by atoms with Crippen LogP contribution in [0.15, 0.2) is 60.7 Å². The van der Waals surface area contributed by atoms with Gasteiger partial charge in [0.2, 0.25) is 6.79 Å². The van der Waals surface area contributed by atoms with Gasteiger partial charge < -0.3 is 24.0 Å². The number of ether oxygens (including phenoxy) is 3. The van der Waals surface area contributed by atoms with Crippen molar-refractivity contribution in [2.45, 2.75) is 0 Å². The van der Waals surface area contributed by atoms with Crippen LogP contribution in [0.4, 0.5) is 5.82 Å². The highest BCUT2D eigenvalue weighted by molar-refractivity contribution is 5.93. The van der Waals surface area contributed by atoms with E-state index in [2.05, 4.69) is 25.3 Å². The van der Waals surface area contributed by atoms with Gasteiger partial charge in [0.1, 0.15) is 11.4 Å². The van der Waals surface area contributed by atoms with E-state index in [9.17, 15) is 4.79 Å². The summed E-state index contributed by atoms with van der Waals surface area (Å²) in [7, 11) is 1.62. The molecule has 0 radical (unpaired) electrons. The molecule has 2 aromatic carbocycles. The second kappa shape index (κ2) is 9.21. The normalized spacial score (nSPS) is 14.7. The van der Waals surface area contributed by atoms with Gasteiger partial charge in [0.25, 0.3) is 5.91 Å². The Morgan fingerprint density at radius 2 is 1.72 bits per heavy atom. The average molecular weight is 485 g/mol. The lowest BCUT2D eigenvalue weighted by atomic mass is 10.1. The van der Waals surface area contributed by atoms with E-state index in [0.29, 0.717) is 43.3 Å². The molecule has 1 amide bonds. The van der Waals surface area contributed by atoms with Gasteiger partial charge in [-0.2, -0.15) is 5.10 Å². The molecule has 2 aliphatic rings. The van der Waals surface area contributed by atoms with Crippen molar-refractivity contribution in [2.24, 2.45) is 0 Å². The first-order chi connectivity index (χ1) is 17.7. The maximum atomic E-state index is 13.1. The lowest BCUT2D eigenvalue weighted by molar-refractivity contribution is 0.0740. The number of H-pyrrole nitrogens is 1. The van der Waals surface area contributed by atoms with Crippen molar-refractivity contribution < 1.29 is 19.0 Å². The SMILES string of the molecule is COc1cccc(-c2cc(C(=O)N3CCN(c4ccc(-c5ccc6c(c5)OCO6)nn4)CC3)[nH]n2)c1. The molecule has 182 valence electrons. The number of hydrogen-bond acceptors (Lipinski definition) is 8. The minimum atomic E-state index is -0.0689. The van der Waals surface area contributed by atoms with Crippen molar-refractivity contribution in [1.29, 1.82) is 0 Å². The van der Waals surface area contributed by atoms with Crippen LogP contribution in [0.1, 0.15) is 10.5 Å². The van der Waals surface area contributed by atoms with Crippen molar-refractivity contribution in [2.75, 3.05) is 45.0 Å². The van der Waals surface area contributed by atoms with E-state index in [0.717, 1.165) is 34.1 Å². The Morgan fingerprint density at radius 3 is 2.53 bits per heavy atom. The predicted molar refractivity (Wildman–Crippen MR) is 132 cm³/mol. The first kappa shape index (κ1) is 21.9. The smallest absolute Gasteiger partial charge is 0.272 e. The van der Waals surface area contributed by atoms with E-state index in [-0.39, 0.29) is 12.7 Å². The summed E-state index contributed by atoms with van der Waals surface area (Å²) >= 11 is 0. The second-order valence-electron chi connectivity index (χ2n) is 8.52. The van der Waals surface area contributed by atoms with Gasteiger partial charge in [-0.05, 0) is 48.5 Å². The van der Waals surface area contributed by atoms with Crippen LogP contribution in [-0.4, -0.2) is 71.3 Å². The first-order valence-corrected chi connectivity index (χ1v) is 11.7. The number of methoxy groups -OCH3 is 1. The van der Waals surface area contributed by atoms with E-state index < -0.39 is 0 Å². The van der Waals surface area contributed by atoms with Crippen LogP contribution >= 0.6 is 0 Å². The third-order valence-electron chi connectivity index (χ3n) is 6.38. The Morgan fingerprint density at radius 1 is 0.889 bits per heavy atom. The van der Waals surface area contributed by atoms with E-state index in [1.54, 1.807) is 13.2 Å². The van der Waals surface area contributed by atoms with E-state index in [1.807, 2.05) is 59.5 Å². The van der Waals surface area contributed by atoms with Gasteiger partial charge in [-0.3, -0.25) is 9.89 Å². The molecule has 2 aliphatic heterocycles. The van der Waals surface area contributed by atoms with E-state index >= 15 is 0 Å². The van der Waals surface area contributed by atoms with E-state index in [1.165, 1.54) is 0 Å². The maximum Gasteiger partial charge on any atom is 0.272 e. The van der Waals surface area contributed by atoms with Gasteiger partial charge in [-0.1, -0.05) is 12.1 Å². The fourth-order valence-corrected chi connectivity index (χ4v) is 4.37. The number of anilines is 1. The van der Waals surface area contributed by atoms with Crippen LogP contribution in [0.2, 0.25) is 0 Å². The summed E-state index contributed by atoms with van der Waals surface area (Å²) in [6.07, 6.45) is 0. The fraction of sp³-hybridized carbons (Fsp3) is 0.231. The Kier molecular flexibility index (Phi) is 5.61. The van der Waals surface area contributed by atoms with Gasteiger partial charge >= 0.3 is 0 Å². The Hall–Kier alpha value is -4.60. The summed E-state index contributed by atoms with van der Waals surface area (Å²) in [6.45, 7) is 2.74. The van der Waals surface area contributed by atoms with Gasteiger partial charge in [-0.25, -0.2) is 0 Å². The zero-order valence-corrected chi connectivity index (χ0v) is 19.7. The number of aromatic amines is 1. The number of carbonyl (C=O) groups is 1. The van der Waals surface area contributed by atoms with Gasteiger partial charge in [0.05, 0.1) is 18.5 Å². The summed E-state index contributed by atoms with van der Waals surface area (Å²) in [5.41, 5.74) is 3.73. The maximum absolute atomic E-state index is 13.1. The predicted octanol–water partition coefficient (Wildman–Crippen LogP) is 3.23. The van der Waals surface area contributed by atoms with E-state index in [4.69, 9.17) is 14.2 Å². The Balaban J connectivity index is 1.08. The average Bonchev–Trinajstić information content (AvgIpc) is 3.63. The number of piperazine rings is 1. The molecule has 2 aromatic heterocycles. The molecule has 10 heteroatoms. The zero-order valence-electron chi connectivity index (χ0n) is 19.7. The van der Waals surface area contributed by atoms with Crippen LogP contribution in [0.5, 0.6) is 17.2 Å². The zero-order chi connectivity index (χ0) is 24.5. The second-order valence-corrected chi connectivity index (χ2v) is 8.52. The van der Waals surface area contributed by atoms with Crippen LogP contribution in [0.3, 0.4) is 0 Å². The van der Waals surface area contributed by atoms with Crippen LogP contribution in [-0.2, 0) is 0 Å². The minimum Gasteiger partial charge on any atom is -0.497 e. The number of benzene rings is 2. The number of amides is 1. The number of nitrogens with one attached hydrogen (secondary N) is 1. The molecule has 36 heavy (non-hydrogen) atoms. The molecule has 1 saturated heterocycles. The summed E-state index contributed by atoms with van der Waals surface area (Å²) in [4.78, 5) is 17.0. The third-order valence-corrected chi connectivity index (χ3v) is 6.38. The Bertz CT molecular complexity index is 1400. The molecule has 4 heterocycles. The lowest BCUT2D eigenvalue weighted by Crippen LogP contribution is -2.49. The molecular formula is C26H24N6O4. The van der Waals surface area contributed by atoms with Crippen LogP contribution < -0.4 is 19.1 Å². The van der Waals surface area contributed by atoms with Crippen LogP contribution in [0.25, 0.3) is 22.5 Å². The summed E-state index contributed by atoms with van der Waals surface area (Å²) in [6, 6.07) is 19.0. The molecule has 1 N–H and O–H groups in total. The summed E-state index contributed by atoms with van der Waals surface area (Å²) < 4.78 is 16.1. The molecule has 0 unspecified atom stereocenters. The standard InChI is InChI=1S/C26H24N6O4/c1-34-19-4-2-3-17(13-19)21-15-22(29-28-21)26(33)32-11-9-31(10-12-32)25-8-6-20(27-30-25)18-5-7-23-24(14-18)36-16-35-23/h2-8,13-15H,9-12,16H2,1H3,(H,28,29). The molecule has 6 rings (SSSR count). The largest absolute Gasteiger partial charge is 0.497 e.